The second kappa shape index (κ2) is 7.61. The molecule has 0 spiro atoms. The molecule has 1 aromatic carbocycles. The molecule has 1 fully saturated rings. The lowest BCUT2D eigenvalue weighted by Crippen LogP contribution is -2.36. The van der Waals surface area contributed by atoms with Crippen molar-refractivity contribution in [3.63, 3.8) is 0 Å². The normalized spacial score (nSPS) is 19.4. The highest BCUT2D eigenvalue weighted by Gasteiger charge is 2.26. The molecule has 0 aliphatic carbocycles. The van der Waals surface area contributed by atoms with Gasteiger partial charge in [-0.25, -0.2) is 0 Å². The summed E-state index contributed by atoms with van der Waals surface area (Å²) in [5.74, 6) is -0.142. The van der Waals surface area contributed by atoms with Crippen molar-refractivity contribution in [2.75, 3.05) is 18.5 Å². The van der Waals surface area contributed by atoms with E-state index in [0.29, 0.717) is 12.3 Å². The Balaban J connectivity index is 1.96. The quantitative estimate of drug-likeness (QED) is 0.793. The number of anilines is 1. The molecule has 22 heavy (non-hydrogen) atoms. The van der Waals surface area contributed by atoms with E-state index in [1.54, 1.807) is 12.1 Å². The molecule has 0 bridgehead atoms. The molecule has 1 saturated heterocycles. The number of aryl methyl sites for hydroxylation is 1. The largest absolute Gasteiger partial charge is 0.506 e. The molecule has 0 saturated carbocycles. The van der Waals surface area contributed by atoms with Crippen LogP contribution in [0.1, 0.15) is 32.3 Å². The number of amides is 1. The van der Waals surface area contributed by atoms with E-state index in [1.165, 1.54) is 0 Å². The van der Waals surface area contributed by atoms with Crippen LogP contribution in [0.3, 0.4) is 0 Å². The molecule has 2 atom stereocenters. The summed E-state index contributed by atoms with van der Waals surface area (Å²) in [6.07, 6.45) is 1.54. The van der Waals surface area contributed by atoms with Crippen LogP contribution in [0.4, 0.5) is 5.69 Å². The molecule has 122 valence electrons. The van der Waals surface area contributed by atoms with Gasteiger partial charge in [-0.05, 0) is 43.4 Å². The zero-order chi connectivity index (χ0) is 16.1. The molecule has 0 unspecified atom stereocenters. The molecular formula is C17H25NO4. The Morgan fingerprint density at radius 1 is 1.50 bits per heavy atom. The maximum atomic E-state index is 12.4. The number of nitrogens with one attached hydrogen (secondary N) is 1. The average molecular weight is 307 g/mol. The Labute approximate surface area is 131 Å². The van der Waals surface area contributed by atoms with Gasteiger partial charge in [0.2, 0.25) is 0 Å². The summed E-state index contributed by atoms with van der Waals surface area (Å²) in [6.45, 7) is 6.95. The van der Waals surface area contributed by atoms with Gasteiger partial charge in [0.25, 0.3) is 5.91 Å². The van der Waals surface area contributed by atoms with Crippen molar-refractivity contribution < 1.29 is 19.4 Å². The number of hydrogen-bond acceptors (Lipinski definition) is 4. The van der Waals surface area contributed by atoms with Crippen LogP contribution in [-0.4, -0.2) is 36.4 Å². The van der Waals surface area contributed by atoms with Gasteiger partial charge in [0.15, 0.2) is 0 Å². The zero-order valence-corrected chi connectivity index (χ0v) is 13.5. The van der Waals surface area contributed by atoms with Crippen LogP contribution in [0.15, 0.2) is 18.2 Å². The minimum absolute atomic E-state index is 0.0361. The van der Waals surface area contributed by atoms with Gasteiger partial charge in [0.05, 0.1) is 18.4 Å². The van der Waals surface area contributed by atoms with Crippen molar-refractivity contribution in [2.24, 2.45) is 5.92 Å². The van der Waals surface area contributed by atoms with Crippen molar-refractivity contribution in [3.05, 3.63) is 23.8 Å². The maximum Gasteiger partial charge on any atom is 0.253 e. The predicted molar refractivity (Wildman–Crippen MR) is 85.0 cm³/mol. The van der Waals surface area contributed by atoms with E-state index in [2.05, 4.69) is 5.32 Å². The van der Waals surface area contributed by atoms with Crippen LogP contribution in [0.5, 0.6) is 5.75 Å². The summed E-state index contributed by atoms with van der Waals surface area (Å²) in [7, 11) is 0. The van der Waals surface area contributed by atoms with E-state index in [1.807, 2.05) is 26.8 Å². The Hall–Kier alpha value is -1.59. The molecule has 1 amide bonds. The molecular weight excluding hydrogens is 282 g/mol. The van der Waals surface area contributed by atoms with E-state index in [0.717, 1.165) is 25.0 Å². The van der Waals surface area contributed by atoms with Crippen molar-refractivity contribution in [1.82, 2.24) is 0 Å². The summed E-state index contributed by atoms with van der Waals surface area (Å²) in [6, 6.07) is 5.15. The smallest absolute Gasteiger partial charge is 0.253 e. The highest BCUT2D eigenvalue weighted by molar-refractivity contribution is 5.95. The van der Waals surface area contributed by atoms with Crippen LogP contribution in [-0.2, 0) is 14.3 Å². The van der Waals surface area contributed by atoms with E-state index < -0.39 is 6.10 Å². The Morgan fingerprint density at radius 2 is 2.27 bits per heavy atom. The number of phenols is 1. The van der Waals surface area contributed by atoms with Crippen molar-refractivity contribution >= 4 is 11.6 Å². The lowest BCUT2D eigenvalue weighted by molar-refractivity contribution is -0.132. The lowest BCUT2D eigenvalue weighted by Gasteiger charge is -2.22. The fourth-order valence-electron chi connectivity index (χ4n) is 2.51. The summed E-state index contributed by atoms with van der Waals surface area (Å²) >= 11 is 0. The number of hydrogen-bond donors (Lipinski definition) is 2. The van der Waals surface area contributed by atoms with Crippen molar-refractivity contribution in [2.45, 2.75) is 45.8 Å². The number of aromatic hydroxyl groups is 1. The van der Waals surface area contributed by atoms with Gasteiger partial charge in [0.1, 0.15) is 11.9 Å². The third-order valence-electron chi connectivity index (χ3n) is 3.76. The molecule has 1 aliphatic heterocycles. The standard InChI is InChI=1S/C17H25NO4/c1-11(2)16(22-10-13-5-4-8-21-13)17(20)18-14-7-6-12(3)9-15(14)19/h6-7,9,11,13,16,19H,4-5,8,10H2,1-3H3,(H,18,20)/t13-,16-/m0/s1. The molecule has 1 aliphatic rings. The van der Waals surface area contributed by atoms with Gasteiger partial charge in [-0.1, -0.05) is 19.9 Å². The molecule has 2 N–H and O–H groups in total. The Morgan fingerprint density at radius 3 is 2.86 bits per heavy atom. The molecule has 5 nitrogen and oxygen atoms in total. The second-order valence-corrected chi connectivity index (χ2v) is 6.14. The maximum absolute atomic E-state index is 12.4. The van der Waals surface area contributed by atoms with Crippen LogP contribution < -0.4 is 5.32 Å². The van der Waals surface area contributed by atoms with Gasteiger partial charge >= 0.3 is 0 Å². The van der Waals surface area contributed by atoms with Gasteiger partial charge < -0.3 is 19.9 Å². The number of carbonyl (C=O) groups is 1. The van der Waals surface area contributed by atoms with Gasteiger partial charge in [-0.3, -0.25) is 4.79 Å². The fourth-order valence-corrected chi connectivity index (χ4v) is 2.51. The molecule has 2 rings (SSSR count). The van der Waals surface area contributed by atoms with E-state index in [4.69, 9.17) is 9.47 Å². The second-order valence-electron chi connectivity index (χ2n) is 6.14. The van der Waals surface area contributed by atoms with E-state index in [9.17, 15) is 9.90 Å². The zero-order valence-electron chi connectivity index (χ0n) is 13.5. The van der Waals surface area contributed by atoms with Crippen LogP contribution >= 0.6 is 0 Å². The highest BCUT2D eigenvalue weighted by atomic mass is 16.5. The third kappa shape index (κ3) is 4.45. The van der Waals surface area contributed by atoms with E-state index in [-0.39, 0.29) is 23.7 Å². The SMILES string of the molecule is Cc1ccc(NC(=O)[C@@H](OC[C@@H]2CCCO2)C(C)C)c(O)c1. The first-order valence-electron chi connectivity index (χ1n) is 7.81. The Kier molecular flexibility index (Phi) is 5.80. The van der Waals surface area contributed by atoms with Crippen LogP contribution in [0.2, 0.25) is 0 Å². The van der Waals surface area contributed by atoms with E-state index >= 15 is 0 Å². The number of carbonyl (C=O) groups excluding carboxylic acids is 1. The first-order chi connectivity index (χ1) is 10.5. The summed E-state index contributed by atoms with van der Waals surface area (Å²) in [5.41, 5.74) is 1.34. The summed E-state index contributed by atoms with van der Waals surface area (Å²) < 4.78 is 11.3. The monoisotopic (exact) mass is 307 g/mol. The minimum atomic E-state index is -0.565. The highest BCUT2D eigenvalue weighted by Crippen LogP contribution is 2.25. The summed E-state index contributed by atoms with van der Waals surface area (Å²) in [4.78, 5) is 12.4. The van der Waals surface area contributed by atoms with Crippen molar-refractivity contribution in [3.8, 4) is 5.75 Å². The first-order valence-corrected chi connectivity index (χ1v) is 7.81. The summed E-state index contributed by atoms with van der Waals surface area (Å²) in [5, 5.41) is 12.6. The van der Waals surface area contributed by atoms with Gasteiger partial charge in [-0.2, -0.15) is 0 Å². The molecule has 0 radical (unpaired) electrons. The van der Waals surface area contributed by atoms with Crippen LogP contribution in [0, 0.1) is 12.8 Å². The van der Waals surface area contributed by atoms with Crippen LogP contribution in [0.25, 0.3) is 0 Å². The molecule has 1 aromatic rings. The fraction of sp³-hybridized carbons (Fsp3) is 0.588. The number of phenolic OH excluding ortho intramolecular Hbond substituents is 1. The third-order valence-corrected chi connectivity index (χ3v) is 3.76. The van der Waals surface area contributed by atoms with Crippen molar-refractivity contribution in [1.29, 1.82) is 0 Å². The molecule has 1 heterocycles. The Bertz CT molecular complexity index is 509. The minimum Gasteiger partial charge on any atom is -0.506 e. The topological polar surface area (TPSA) is 67.8 Å². The van der Waals surface area contributed by atoms with Gasteiger partial charge in [-0.15, -0.1) is 0 Å². The number of benzene rings is 1. The first kappa shape index (κ1) is 16.8. The molecule has 5 heteroatoms. The number of rotatable bonds is 6. The predicted octanol–water partition coefficient (Wildman–Crippen LogP) is 2.86. The molecule has 0 aromatic heterocycles. The van der Waals surface area contributed by atoms with Gasteiger partial charge in [0, 0.05) is 6.61 Å². The number of ether oxygens (including phenoxy) is 2. The average Bonchev–Trinajstić information content (AvgIpc) is 2.95. The lowest BCUT2D eigenvalue weighted by atomic mass is 10.1.